The molecule has 1 amide bonds. The number of amides is 1. The van der Waals surface area contributed by atoms with Gasteiger partial charge in [-0.1, -0.05) is 0 Å². The van der Waals surface area contributed by atoms with Gasteiger partial charge in [-0.3, -0.25) is 14.5 Å². The number of likely N-dealkylation sites (tertiary alicyclic amines) is 1. The molecular weight excluding hydrogens is 242 g/mol. The molecule has 19 heavy (non-hydrogen) atoms. The lowest BCUT2D eigenvalue weighted by molar-refractivity contribution is 0.0936. The molecule has 1 atom stereocenters. The van der Waals surface area contributed by atoms with Crippen molar-refractivity contribution in [1.29, 1.82) is 0 Å². The molecule has 3 rings (SSSR count). The highest BCUT2D eigenvalue weighted by atomic mass is 16.2. The van der Waals surface area contributed by atoms with Gasteiger partial charge in [-0.25, -0.2) is 0 Å². The minimum Gasteiger partial charge on any atom is -0.364 e. The van der Waals surface area contributed by atoms with E-state index in [1.54, 1.807) is 6.92 Å². The van der Waals surface area contributed by atoms with Crippen LogP contribution in [0.2, 0.25) is 0 Å². The monoisotopic (exact) mass is 261 g/mol. The van der Waals surface area contributed by atoms with E-state index in [1.165, 1.54) is 25.1 Å². The Labute approximate surface area is 112 Å². The van der Waals surface area contributed by atoms with Gasteiger partial charge >= 0.3 is 0 Å². The van der Waals surface area contributed by atoms with Crippen LogP contribution in [-0.2, 0) is 0 Å². The average Bonchev–Trinajstić information content (AvgIpc) is 3.10. The maximum absolute atomic E-state index is 12.1. The zero-order valence-corrected chi connectivity index (χ0v) is 11.1. The topological polar surface area (TPSA) is 65.2 Å². The van der Waals surface area contributed by atoms with Crippen molar-refractivity contribution in [1.82, 2.24) is 15.2 Å². The van der Waals surface area contributed by atoms with Crippen LogP contribution in [0.5, 0.6) is 0 Å². The Morgan fingerprint density at radius 1 is 1.42 bits per heavy atom. The third-order valence-corrected chi connectivity index (χ3v) is 3.92. The Bertz CT molecular complexity index is 548. The first-order valence-electron chi connectivity index (χ1n) is 6.88. The van der Waals surface area contributed by atoms with Crippen molar-refractivity contribution < 1.29 is 4.79 Å². The molecule has 1 aromatic rings. The molecule has 0 spiro atoms. The van der Waals surface area contributed by atoms with Gasteiger partial charge in [0, 0.05) is 43.1 Å². The molecule has 2 heterocycles. The van der Waals surface area contributed by atoms with Crippen LogP contribution in [0.15, 0.2) is 17.1 Å². The van der Waals surface area contributed by atoms with Crippen molar-refractivity contribution in [3.05, 3.63) is 33.7 Å². The van der Waals surface area contributed by atoms with E-state index in [9.17, 15) is 9.59 Å². The van der Waals surface area contributed by atoms with Gasteiger partial charge in [0.1, 0.15) is 5.56 Å². The van der Waals surface area contributed by atoms with Crippen molar-refractivity contribution >= 4 is 5.91 Å². The molecular formula is C14H19N3O2. The molecule has 1 aromatic heterocycles. The van der Waals surface area contributed by atoms with E-state index in [-0.39, 0.29) is 22.9 Å². The first-order chi connectivity index (χ1) is 9.13. The van der Waals surface area contributed by atoms with E-state index >= 15 is 0 Å². The van der Waals surface area contributed by atoms with Crippen LogP contribution >= 0.6 is 0 Å². The lowest BCUT2D eigenvalue weighted by Crippen LogP contribution is -2.39. The Kier molecular flexibility index (Phi) is 3.14. The number of rotatable bonds is 3. The van der Waals surface area contributed by atoms with E-state index in [0.717, 1.165) is 31.2 Å². The summed E-state index contributed by atoms with van der Waals surface area (Å²) < 4.78 is 0. The Morgan fingerprint density at radius 3 is 2.89 bits per heavy atom. The summed E-state index contributed by atoms with van der Waals surface area (Å²) >= 11 is 0. The predicted octanol–water partition coefficient (Wildman–Crippen LogP) is 0.650. The fourth-order valence-electron chi connectivity index (χ4n) is 2.69. The van der Waals surface area contributed by atoms with E-state index in [4.69, 9.17) is 0 Å². The molecule has 0 aromatic carbocycles. The lowest BCUT2D eigenvalue weighted by atomic mass is 10.2. The molecule has 2 fully saturated rings. The van der Waals surface area contributed by atoms with Crippen LogP contribution in [0.3, 0.4) is 0 Å². The van der Waals surface area contributed by atoms with Crippen LogP contribution in [0.4, 0.5) is 0 Å². The number of hydrogen-bond acceptors (Lipinski definition) is 3. The quantitative estimate of drug-likeness (QED) is 0.839. The van der Waals surface area contributed by atoms with Crippen LogP contribution < -0.4 is 10.7 Å². The number of carbonyl (C=O) groups excluding carboxylic acids is 1. The summed E-state index contributed by atoms with van der Waals surface area (Å²) in [5.74, 6) is -0.260. The molecule has 1 aliphatic carbocycles. The van der Waals surface area contributed by atoms with Crippen molar-refractivity contribution in [2.75, 3.05) is 13.1 Å². The number of aromatic amines is 1. The minimum absolute atomic E-state index is 0.175. The van der Waals surface area contributed by atoms with Gasteiger partial charge in [0.2, 0.25) is 0 Å². The molecule has 0 bridgehead atoms. The standard InChI is InChI=1S/C14H19N3O2/c1-9-6-13(18)12(7-15-9)14(19)16-10-4-5-17(8-10)11-2-3-11/h6-7,10-11H,2-5,8H2,1H3,(H,15,18)(H,16,19). The molecule has 5 heteroatoms. The summed E-state index contributed by atoms with van der Waals surface area (Å²) in [5.41, 5.74) is 0.753. The first-order valence-corrected chi connectivity index (χ1v) is 6.88. The summed E-state index contributed by atoms with van der Waals surface area (Å²) in [6.07, 6.45) is 5.06. The number of carbonyl (C=O) groups is 1. The average molecular weight is 261 g/mol. The van der Waals surface area contributed by atoms with E-state index in [1.807, 2.05) is 0 Å². The van der Waals surface area contributed by atoms with E-state index in [0.29, 0.717) is 0 Å². The van der Waals surface area contributed by atoms with Gasteiger partial charge in [-0.15, -0.1) is 0 Å². The van der Waals surface area contributed by atoms with Gasteiger partial charge in [0.05, 0.1) is 0 Å². The van der Waals surface area contributed by atoms with Gasteiger partial charge in [-0.05, 0) is 26.2 Å². The maximum atomic E-state index is 12.1. The van der Waals surface area contributed by atoms with Gasteiger partial charge in [0.15, 0.2) is 5.43 Å². The maximum Gasteiger partial charge on any atom is 0.257 e. The molecule has 1 unspecified atom stereocenters. The van der Waals surface area contributed by atoms with Crippen LogP contribution in [0, 0.1) is 6.92 Å². The number of nitrogens with zero attached hydrogens (tertiary/aromatic N) is 1. The van der Waals surface area contributed by atoms with Crippen molar-refractivity contribution in [2.24, 2.45) is 0 Å². The molecule has 1 saturated heterocycles. The number of aromatic nitrogens is 1. The fourth-order valence-corrected chi connectivity index (χ4v) is 2.69. The van der Waals surface area contributed by atoms with Crippen LogP contribution in [-0.4, -0.2) is 41.0 Å². The number of hydrogen-bond donors (Lipinski definition) is 2. The summed E-state index contributed by atoms with van der Waals surface area (Å²) in [7, 11) is 0. The highest BCUT2D eigenvalue weighted by molar-refractivity contribution is 5.94. The lowest BCUT2D eigenvalue weighted by Gasteiger charge is -2.15. The zero-order valence-electron chi connectivity index (χ0n) is 11.1. The fraction of sp³-hybridized carbons (Fsp3) is 0.571. The molecule has 1 saturated carbocycles. The Morgan fingerprint density at radius 2 is 2.21 bits per heavy atom. The molecule has 2 N–H and O–H groups in total. The van der Waals surface area contributed by atoms with Crippen molar-refractivity contribution in [3.63, 3.8) is 0 Å². The van der Waals surface area contributed by atoms with Crippen molar-refractivity contribution in [2.45, 2.75) is 38.3 Å². The minimum atomic E-state index is -0.260. The smallest absolute Gasteiger partial charge is 0.257 e. The molecule has 0 radical (unpaired) electrons. The van der Waals surface area contributed by atoms with Crippen LogP contribution in [0.1, 0.15) is 35.3 Å². The largest absolute Gasteiger partial charge is 0.364 e. The normalized spacial score (nSPS) is 23.5. The van der Waals surface area contributed by atoms with Crippen LogP contribution in [0.25, 0.3) is 0 Å². The second-order valence-corrected chi connectivity index (χ2v) is 5.58. The molecule has 5 nitrogen and oxygen atoms in total. The van der Waals surface area contributed by atoms with Gasteiger partial charge < -0.3 is 10.3 Å². The number of H-pyrrole nitrogens is 1. The third-order valence-electron chi connectivity index (χ3n) is 3.92. The van der Waals surface area contributed by atoms with Gasteiger partial charge in [-0.2, -0.15) is 0 Å². The molecule has 2 aliphatic rings. The number of aryl methyl sites for hydroxylation is 1. The highest BCUT2D eigenvalue weighted by Gasteiger charge is 2.34. The molecule has 1 aliphatic heterocycles. The Hall–Kier alpha value is -1.62. The third kappa shape index (κ3) is 2.71. The molecule has 102 valence electrons. The second kappa shape index (κ2) is 4.81. The Balaban J connectivity index is 1.63. The second-order valence-electron chi connectivity index (χ2n) is 5.58. The summed E-state index contributed by atoms with van der Waals surface area (Å²) in [4.78, 5) is 29.2. The SMILES string of the molecule is Cc1cc(=O)c(C(=O)NC2CCN(C3CC3)C2)c[nH]1. The summed E-state index contributed by atoms with van der Waals surface area (Å²) in [6, 6.07) is 2.37. The van der Waals surface area contributed by atoms with Crippen molar-refractivity contribution in [3.8, 4) is 0 Å². The van der Waals surface area contributed by atoms with E-state index in [2.05, 4.69) is 15.2 Å². The predicted molar refractivity (Wildman–Crippen MR) is 72.3 cm³/mol. The number of pyridine rings is 1. The highest BCUT2D eigenvalue weighted by Crippen LogP contribution is 2.29. The first kappa shape index (κ1) is 12.4. The zero-order chi connectivity index (χ0) is 13.4. The summed E-state index contributed by atoms with van der Waals surface area (Å²) in [6.45, 7) is 3.77. The van der Waals surface area contributed by atoms with Gasteiger partial charge in [0.25, 0.3) is 5.91 Å². The number of nitrogens with one attached hydrogen (secondary N) is 2. The summed E-state index contributed by atoms with van der Waals surface area (Å²) in [5, 5.41) is 2.97. The van der Waals surface area contributed by atoms with E-state index < -0.39 is 0 Å².